The van der Waals surface area contributed by atoms with Gasteiger partial charge in [0.05, 0.1) is 13.7 Å². The molecule has 0 heterocycles. The number of carbonyl (C=O) groups excluding carboxylic acids is 1. The van der Waals surface area contributed by atoms with Gasteiger partial charge in [-0.1, -0.05) is 29.8 Å². The summed E-state index contributed by atoms with van der Waals surface area (Å²) in [6, 6.07) is 13.6. The molecule has 0 aliphatic heterocycles. The molecule has 4 nitrogen and oxygen atoms in total. The van der Waals surface area contributed by atoms with Gasteiger partial charge in [-0.15, -0.1) is 0 Å². The van der Waals surface area contributed by atoms with Gasteiger partial charge in [-0.2, -0.15) is 0 Å². The van der Waals surface area contributed by atoms with Gasteiger partial charge in [0.25, 0.3) is 0 Å². The summed E-state index contributed by atoms with van der Waals surface area (Å²) >= 11 is 0. The average Bonchev–Trinajstić information content (AvgIpc) is 2.61. The van der Waals surface area contributed by atoms with E-state index in [0.717, 1.165) is 28.2 Å². The van der Waals surface area contributed by atoms with E-state index >= 15 is 0 Å². The fourth-order valence-electron chi connectivity index (χ4n) is 2.50. The van der Waals surface area contributed by atoms with E-state index in [9.17, 15) is 4.79 Å². The fourth-order valence-corrected chi connectivity index (χ4v) is 2.50. The molecule has 132 valence electrons. The van der Waals surface area contributed by atoms with Crippen molar-refractivity contribution in [1.29, 1.82) is 0 Å². The molecule has 2 aromatic rings. The molecule has 0 aromatic heterocycles. The molecule has 0 fully saturated rings. The maximum Gasteiger partial charge on any atom is 0.246 e. The lowest BCUT2D eigenvalue weighted by Crippen LogP contribution is -2.24. The van der Waals surface area contributed by atoms with E-state index in [1.165, 1.54) is 0 Å². The predicted octanol–water partition coefficient (Wildman–Crippen LogP) is 4.07. The van der Waals surface area contributed by atoms with Crippen LogP contribution in [0.25, 0.3) is 6.08 Å². The van der Waals surface area contributed by atoms with E-state index in [-0.39, 0.29) is 5.91 Å². The lowest BCUT2D eigenvalue weighted by molar-refractivity contribution is -0.125. The quantitative estimate of drug-likeness (QED) is 0.714. The van der Waals surface area contributed by atoms with E-state index in [1.54, 1.807) is 25.1 Å². The Hall–Kier alpha value is -2.75. The van der Waals surface area contributed by atoms with E-state index in [2.05, 4.69) is 0 Å². The summed E-state index contributed by atoms with van der Waals surface area (Å²) < 4.78 is 10.8. The molecule has 0 bridgehead atoms. The summed E-state index contributed by atoms with van der Waals surface area (Å²) in [5.41, 5.74) is 3.09. The minimum atomic E-state index is -0.0579. The number of hydrogen-bond donors (Lipinski definition) is 0. The standard InChI is InChI=1S/C21H25NO3/c1-5-25-19-10-7-17(8-11-19)9-13-21(23)22(3)15-18-14-16(2)6-12-20(18)24-4/h6-14H,5,15H2,1-4H3/b13-9+. The SMILES string of the molecule is CCOc1ccc(/C=C/C(=O)N(C)Cc2cc(C)ccc2OC)cc1. The first-order valence-electron chi connectivity index (χ1n) is 8.33. The second kappa shape index (κ2) is 8.92. The van der Waals surface area contributed by atoms with Crippen molar-refractivity contribution < 1.29 is 14.3 Å². The molecular weight excluding hydrogens is 314 g/mol. The lowest BCUT2D eigenvalue weighted by Gasteiger charge is -2.17. The molecule has 0 unspecified atom stereocenters. The van der Waals surface area contributed by atoms with Crippen LogP contribution in [-0.2, 0) is 11.3 Å². The molecule has 0 aliphatic rings. The van der Waals surface area contributed by atoms with Gasteiger partial charge >= 0.3 is 0 Å². The third-order valence-electron chi connectivity index (χ3n) is 3.83. The van der Waals surface area contributed by atoms with Crippen LogP contribution in [0.2, 0.25) is 0 Å². The van der Waals surface area contributed by atoms with Crippen molar-refractivity contribution in [3.8, 4) is 11.5 Å². The van der Waals surface area contributed by atoms with Crippen LogP contribution < -0.4 is 9.47 Å². The minimum absolute atomic E-state index is 0.0579. The molecule has 0 aliphatic carbocycles. The number of aryl methyl sites for hydroxylation is 1. The summed E-state index contributed by atoms with van der Waals surface area (Å²) in [6.07, 6.45) is 3.39. The van der Waals surface area contributed by atoms with Gasteiger partial charge in [0.15, 0.2) is 0 Å². The first-order valence-corrected chi connectivity index (χ1v) is 8.33. The topological polar surface area (TPSA) is 38.8 Å². The molecule has 25 heavy (non-hydrogen) atoms. The van der Waals surface area contributed by atoms with Gasteiger partial charge in [-0.3, -0.25) is 4.79 Å². The molecule has 2 aromatic carbocycles. The average molecular weight is 339 g/mol. The molecule has 0 saturated carbocycles. The maximum absolute atomic E-state index is 12.3. The van der Waals surface area contributed by atoms with Crippen LogP contribution in [0.5, 0.6) is 11.5 Å². The lowest BCUT2D eigenvalue weighted by atomic mass is 10.1. The number of methoxy groups -OCH3 is 1. The highest BCUT2D eigenvalue weighted by molar-refractivity contribution is 5.91. The largest absolute Gasteiger partial charge is 0.496 e. The number of ether oxygens (including phenoxy) is 2. The molecular formula is C21H25NO3. The second-order valence-corrected chi connectivity index (χ2v) is 5.84. The van der Waals surface area contributed by atoms with Gasteiger partial charge in [0.1, 0.15) is 11.5 Å². The summed E-state index contributed by atoms with van der Waals surface area (Å²) in [5, 5.41) is 0. The van der Waals surface area contributed by atoms with Crippen molar-refractivity contribution in [3.05, 3.63) is 65.2 Å². The zero-order chi connectivity index (χ0) is 18.2. The maximum atomic E-state index is 12.3. The Morgan fingerprint density at radius 2 is 1.88 bits per heavy atom. The van der Waals surface area contributed by atoms with Crippen LogP contribution in [0.3, 0.4) is 0 Å². The van der Waals surface area contributed by atoms with Crippen molar-refractivity contribution in [2.75, 3.05) is 20.8 Å². The fraction of sp³-hybridized carbons (Fsp3) is 0.286. The normalized spacial score (nSPS) is 10.7. The van der Waals surface area contributed by atoms with Gasteiger partial charge < -0.3 is 14.4 Å². The number of amides is 1. The van der Waals surface area contributed by atoms with Crippen LogP contribution in [0.1, 0.15) is 23.6 Å². The molecule has 4 heteroatoms. The van der Waals surface area contributed by atoms with Gasteiger partial charge in [0, 0.05) is 25.2 Å². The summed E-state index contributed by atoms with van der Waals surface area (Å²) in [7, 11) is 3.43. The number of carbonyl (C=O) groups is 1. The van der Waals surface area contributed by atoms with E-state index in [4.69, 9.17) is 9.47 Å². The van der Waals surface area contributed by atoms with Crippen LogP contribution in [0, 0.1) is 6.92 Å². The van der Waals surface area contributed by atoms with Gasteiger partial charge in [0.2, 0.25) is 5.91 Å². The highest BCUT2D eigenvalue weighted by Crippen LogP contribution is 2.21. The molecule has 0 atom stereocenters. The van der Waals surface area contributed by atoms with Crippen molar-refractivity contribution >= 4 is 12.0 Å². The van der Waals surface area contributed by atoms with Crippen molar-refractivity contribution in [3.63, 3.8) is 0 Å². The van der Waals surface area contributed by atoms with Crippen molar-refractivity contribution in [2.24, 2.45) is 0 Å². The number of benzene rings is 2. The van der Waals surface area contributed by atoms with E-state index in [0.29, 0.717) is 13.2 Å². The Morgan fingerprint density at radius 1 is 1.16 bits per heavy atom. The number of nitrogens with zero attached hydrogens (tertiary/aromatic N) is 1. The van der Waals surface area contributed by atoms with Crippen molar-refractivity contribution in [1.82, 2.24) is 4.90 Å². The Labute approximate surface area is 149 Å². The van der Waals surface area contributed by atoms with Crippen molar-refractivity contribution in [2.45, 2.75) is 20.4 Å². The first kappa shape index (κ1) is 18.6. The number of rotatable bonds is 7. The van der Waals surface area contributed by atoms with E-state index in [1.807, 2.05) is 62.4 Å². The number of likely N-dealkylation sites (N-methyl/N-ethyl adjacent to an activating group) is 1. The molecule has 0 N–H and O–H groups in total. The summed E-state index contributed by atoms with van der Waals surface area (Å²) in [4.78, 5) is 14.0. The second-order valence-electron chi connectivity index (χ2n) is 5.84. The van der Waals surface area contributed by atoms with Crippen LogP contribution in [0.15, 0.2) is 48.5 Å². The Morgan fingerprint density at radius 3 is 2.52 bits per heavy atom. The smallest absolute Gasteiger partial charge is 0.246 e. The number of hydrogen-bond acceptors (Lipinski definition) is 3. The van der Waals surface area contributed by atoms with Crippen LogP contribution in [-0.4, -0.2) is 31.6 Å². The monoisotopic (exact) mass is 339 g/mol. The zero-order valence-electron chi connectivity index (χ0n) is 15.3. The van der Waals surface area contributed by atoms with Crippen LogP contribution >= 0.6 is 0 Å². The molecule has 0 saturated heterocycles. The predicted molar refractivity (Wildman–Crippen MR) is 101 cm³/mol. The highest BCUT2D eigenvalue weighted by atomic mass is 16.5. The van der Waals surface area contributed by atoms with Gasteiger partial charge in [-0.05, 0) is 43.7 Å². The molecule has 1 amide bonds. The molecule has 0 radical (unpaired) electrons. The summed E-state index contributed by atoms with van der Waals surface area (Å²) in [5.74, 6) is 1.56. The highest BCUT2D eigenvalue weighted by Gasteiger charge is 2.10. The molecule has 0 spiro atoms. The third-order valence-corrected chi connectivity index (χ3v) is 3.83. The van der Waals surface area contributed by atoms with Gasteiger partial charge in [-0.25, -0.2) is 0 Å². The first-order chi connectivity index (χ1) is 12.0. The third kappa shape index (κ3) is 5.38. The Kier molecular flexibility index (Phi) is 6.63. The zero-order valence-corrected chi connectivity index (χ0v) is 15.3. The van der Waals surface area contributed by atoms with Crippen LogP contribution in [0.4, 0.5) is 0 Å². The van der Waals surface area contributed by atoms with E-state index < -0.39 is 0 Å². The Bertz CT molecular complexity index is 735. The summed E-state index contributed by atoms with van der Waals surface area (Å²) in [6.45, 7) is 5.11. The minimum Gasteiger partial charge on any atom is -0.496 e. The Balaban J connectivity index is 2.01. The molecule has 2 rings (SSSR count).